The van der Waals surface area contributed by atoms with Crippen LogP contribution in [0.15, 0.2) is 12.1 Å². The molecule has 106 valence electrons. The second-order valence-corrected chi connectivity index (χ2v) is 5.34. The van der Waals surface area contributed by atoms with E-state index in [1.165, 1.54) is 11.1 Å². The zero-order chi connectivity index (χ0) is 13.7. The average molecular weight is 284 g/mol. The highest BCUT2D eigenvalue weighted by Gasteiger charge is 2.18. The van der Waals surface area contributed by atoms with Crippen LogP contribution >= 0.6 is 11.6 Å². The lowest BCUT2D eigenvalue weighted by Crippen LogP contribution is -2.33. The minimum absolute atomic E-state index is 0.381. The highest BCUT2D eigenvalue weighted by atomic mass is 35.5. The number of methoxy groups -OCH3 is 1. The summed E-state index contributed by atoms with van der Waals surface area (Å²) >= 11 is 6.17. The van der Waals surface area contributed by atoms with Crippen LogP contribution in [0.5, 0.6) is 5.75 Å². The first-order valence-electron chi connectivity index (χ1n) is 6.91. The first-order valence-corrected chi connectivity index (χ1v) is 7.28. The van der Waals surface area contributed by atoms with Crippen LogP contribution in [0.2, 0.25) is 5.02 Å². The highest BCUT2D eigenvalue weighted by molar-refractivity contribution is 6.30. The monoisotopic (exact) mass is 283 g/mol. The van der Waals surface area contributed by atoms with Gasteiger partial charge in [-0.1, -0.05) is 18.5 Å². The van der Waals surface area contributed by atoms with Crippen molar-refractivity contribution in [2.75, 3.05) is 26.9 Å². The number of fused-ring (bicyclic) bond motifs is 1. The fraction of sp³-hybridized carbons (Fsp3) is 0.600. The van der Waals surface area contributed by atoms with Crippen molar-refractivity contribution in [2.24, 2.45) is 0 Å². The molecule has 0 saturated carbocycles. The average Bonchev–Trinajstić information content (AvgIpc) is 2.84. The molecule has 1 aromatic rings. The summed E-state index contributed by atoms with van der Waals surface area (Å²) in [7, 11) is 1.74. The van der Waals surface area contributed by atoms with E-state index in [9.17, 15) is 0 Å². The Bertz CT molecular complexity index is 417. The van der Waals surface area contributed by atoms with Gasteiger partial charge in [0.15, 0.2) is 0 Å². The smallest absolute Gasteiger partial charge is 0.125 e. The van der Waals surface area contributed by atoms with Crippen LogP contribution < -0.4 is 10.1 Å². The lowest BCUT2D eigenvalue weighted by molar-refractivity contribution is 0.163. The molecule has 0 fully saturated rings. The Labute approximate surface area is 120 Å². The Hall–Kier alpha value is -0.770. The van der Waals surface area contributed by atoms with Crippen LogP contribution in [0.4, 0.5) is 0 Å². The number of halogens is 1. The molecule has 1 heterocycles. The van der Waals surface area contributed by atoms with Crippen molar-refractivity contribution in [3.8, 4) is 5.75 Å². The van der Waals surface area contributed by atoms with E-state index in [0.717, 1.165) is 49.8 Å². The van der Waals surface area contributed by atoms with Crippen LogP contribution in [0, 0.1) is 0 Å². The molecule has 0 aliphatic carbocycles. The highest BCUT2D eigenvalue weighted by Crippen LogP contribution is 2.33. The van der Waals surface area contributed by atoms with Crippen LogP contribution in [0.1, 0.15) is 24.5 Å². The third-order valence-electron chi connectivity index (χ3n) is 3.45. The summed E-state index contributed by atoms with van der Waals surface area (Å²) in [5, 5.41) is 4.25. The second-order valence-electron chi connectivity index (χ2n) is 4.90. The molecule has 3 nitrogen and oxygen atoms in total. The molecule has 1 aliphatic rings. The number of aryl methyl sites for hydroxylation is 1. The molecule has 1 aromatic carbocycles. The zero-order valence-electron chi connectivity index (χ0n) is 11.7. The summed E-state index contributed by atoms with van der Waals surface area (Å²) < 4.78 is 11.0. The van der Waals surface area contributed by atoms with Crippen molar-refractivity contribution in [3.63, 3.8) is 0 Å². The molecule has 0 bridgehead atoms. The van der Waals surface area contributed by atoms with Gasteiger partial charge in [-0.15, -0.1) is 0 Å². The molecule has 0 amide bonds. The van der Waals surface area contributed by atoms with E-state index >= 15 is 0 Å². The number of hydrogen-bond donors (Lipinski definition) is 1. The lowest BCUT2D eigenvalue weighted by atomic mass is 10.0. The summed E-state index contributed by atoms with van der Waals surface area (Å²) in [6.07, 6.45) is 2.96. The van der Waals surface area contributed by atoms with Crippen molar-refractivity contribution in [1.82, 2.24) is 5.32 Å². The van der Waals surface area contributed by atoms with Gasteiger partial charge in [0.2, 0.25) is 0 Å². The molecule has 0 aromatic heterocycles. The summed E-state index contributed by atoms with van der Waals surface area (Å²) in [5.41, 5.74) is 2.47. The third kappa shape index (κ3) is 3.85. The van der Waals surface area contributed by atoms with Crippen LogP contribution in [-0.2, 0) is 17.6 Å². The first kappa shape index (κ1) is 14.6. The molecule has 1 aliphatic heterocycles. The van der Waals surface area contributed by atoms with E-state index in [0.29, 0.717) is 6.04 Å². The summed E-state index contributed by atoms with van der Waals surface area (Å²) in [4.78, 5) is 0. The van der Waals surface area contributed by atoms with Gasteiger partial charge >= 0.3 is 0 Å². The van der Waals surface area contributed by atoms with E-state index in [1.807, 2.05) is 12.1 Å². The molecule has 1 unspecified atom stereocenters. The number of ether oxygens (including phenoxy) is 2. The maximum Gasteiger partial charge on any atom is 0.125 e. The number of nitrogens with one attached hydrogen (secondary N) is 1. The molecular weight excluding hydrogens is 262 g/mol. The van der Waals surface area contributed by atoms with Gasteiger partial charge in [0.1, 0.15) is 5.75 Å². The molecule has 1 N–H and O–H groups in total. The van der Waals surface area contributed by atoms with Crippen molar-refractivity contribution < 1.29 is 9.47 Å². The fourth-order valence-electron chi connectivity index (χ4n) is 2.60. The predicted molar refractivity (Wildman–Crippen MR) is 78.3 cm³/mol. The van der Waals surface area contributed by atoms with Gasteiger partial charge in [0, 0.05) is 24.6 Å². The van der Waals surface area contributed by atoms with Crippen molar-refractivity contribution in [3.05, 3.63) is 28.3 Å². The van der Waals surface area contributed by atoms with Gasteiger partial charge in [0.05, 0.1) is 13.2 Å². The maximum absolute atomic E-state index is 6.17. The largest absolute Gasteiger partial charge is 0.493 e. The third-order valence-corrected chi connectivity index (χ3v) is 3.67. The molecule has 19 heavy (non-hydrogen) atoms. The molecule has 4 heteroatoms. The molecular formula is C15H22ClNO2. The zero-order valence-corrected chi connectivity index (χ0v) is 12.4. The summed E-state index contributed by atoms with van der Waals surface area (Å²) in [6.45, 7) is 4.58. The SMILES string of the molecule is CCNC(CCc1cc(Cl)cc2c1OCC2)COC. The van der Waals surface area contributed by atoms with E-state index in [4.69, 9.17) is 21.1 Å². The Morgan fingerprint density at radius 1 is 1.47 bits per heavy atom. The molecule has 0 spiro atoms. The van der Waals surface area contributed by atoms with E-state index in [2.05, 4.69) is 12.2 Å². The first-order chi connectivity index (χ1) is 9.24. The summed E-state index contributed by atoms with van der Waals surface area (Å²) in [6, 6.07) is 4.43. The number of rotatable bonds is 7. The minimum atomic E-state index is 0.381. The van der Waals surface area contributed by atoms with E-state index in [1.54, 1.807) is 7.11 Å². The van der Waals surface area contributed by atoms with Gasteiger partial charge in [-0.05, 0) is 42.6 Å². The van der Waals surface area contributed by atoms with Crippen LogP contribution in [-0.4, -0.2) is 32.9 Å². The van der Waals surface area contributed by atoms with Gasteiger partial charge in [-0.2, -0.15) is 0 Å². The van der Waals surface area contributed by atoms with Gasteiger partial charge in [0.25, 0.3) is 0 Å². The van der Waals surface area contributed by atoms with E-state index < -0.39 is 0 Å². The number of hydrogen-bond acceptors (Lipinski definition) is 3. The fourth-order valence-corrected chi connectivity index (χ4v) is 2.86. The van der Waals surface area contributed by atoms with E-state index in [-0.39, 0.29) is 0 Å². The quantitative estimate of drug-likeness (QED) is 0.835. The van der Waals surface area contributed by atoms with Gasteiger partial charge in [-0.25, -0.2) is 0 Å². The molecule has 0 radical (unpaired) electrons. The van der Waals surface area contributed by atoms with Crippen molar-refractivity contribution in [1.29, 1.82) is 0 Å². The van der Waals surface area contributed by atoms with Gasteiger partial charge in [-0.3, -0.25) is 0 Å². The van der Waals surface area contributed by atoms with Crippen LogP contribution in [0.3, 0.4) is 0 Å². The summed E-state index contributed by atoms with van der Waals surface area (Å²) in [5.74, 6) is 1.05. The van der Waals surface area contributed by atoms with Crippen LogP contribution in [0.25, 0.3) is 0 Å². The Morgan fingerprint density at radius 2 is 2.32 bits per heavy atom. The second kappa shape index (κ2) is 7.13. The Kier molecular flexibility index (Phi) is 5.49. The normalized spacial score (nSPS) is 15.1. The van der Waals surface area contributed by atoms with Crippen molar-refractivity contribution in [2.45, 2.75) is 32.2 Å². The Morgan fingerprint density at radius 3 is 3.05 bits per heavy atom. The minimum Gasteiger partial charge on any atom is -0.493 e. The molecule has 1 atom stereocenters. The topological polar surface area (TPSA) is 30.5 Å². The standard InChI is InChI=1S/C15H22ClNO2/c1-3-17-14(10-18-2)5-4-11-8-13(16)9-12-6-7-19-15(11)12/h8-9,14,17H,3-7,10H2,1-2H3. The lowest BCUT2D eigenvalue weighted by Gasteiger charge is -2.17. The molecule has 2 rings (SSSR count). The molecule has 0 saturated heterocycles. The maximum atomic E-state index is 6.17. The van der Waals surface area contributed by atoms with Gasteiger partial charge < -0.3 is 14.8 Å². The van der Waals surface area contributed by atoms with Crippen molar-refractivity contribution >= 4 is 11.6 Å². The number of benzene rings is 1. The number of likely N-dealkylation sites (N-methyl/N-ethyl adjacent to an activating group) is 1. The Balaban J connectivity index is 2.02. The predicted octanol–water partition coefficient (Wildman–Crippen LogP) is 2.83.